The minimum Gasteiger partial charge on any atom is -0.388 e. The zero-order chi connectivity index (χ0) is 20.7. The molecule has 152 valence electrons. The first-order valence-corrected chi connectivity index (χ1v) is 10.4. The lowest BCUT2D eigenvalue weighted by atomic mass is 9.82. The van der Waals surface area contributed by atoms with Crippen LogP contribution in [0.3, 0.4) is 0 Å². The van der Waals surface area contributed by atoms with Crippen molar-refractivity contribution in [2.24, 2.45) is 0 Å². The van der Waals surface area contributed by atoms with Gasteiger partial charge < -0.3 is 5.11 Å². The molecule has 1 N–H and O–H groups in total. The van der Waals surface area contributed by atoms with Gasteiger partial charge in [0.25, 0.3) is 5.56 Å². The Morgan fingerprint density at radius 2 is 1.80 bits per heavy atom. The fourth-order valence-electron chi connectivity index (χ4n) is 4.52. The predicted molar refractivity (Wildman–Crippen MR) is 116 cm³/mol. The highest BCUT2D eigenvalue weighted by Gasteiger charge is 2.37. The fraction of sp³-hybridized carbons (Fsp3) is 0.292. The number of rotatable bonds is 3. The van der Waals surface area contributed by atoms with Crippen LogP contribution in [0.25, 0.3) is 28.0 Å². The molecule has 2 atom stereocenters. The Morgan fingerprint density at radius 3 is 2.60 bits per heavy atom. The minimum atomic E-state index is -0.947. The molecule has 1 saturated carbocycles. The molecule has 1 aromatic carbocycles. The van der Waals surface area contributed by atoms with Gasteiger partial charge in [-0.1, -0.05) is 49.2 Å². The van der Waals surface area contributed by atoms with Crippen molar-refractivity contribution in [2.45, 2.75) is 44.2 Å². The molecule has 0 aliphatic heterocycles. The largest absolute Gasteiger partial charge is 0.388 e. The van der Waals surface area contributed by atoms with Gasteiger partial charge in [0.05, 0.1) is 28.4 Å². The Bertz CT molecular complexity index is 1260. The normalized spacial score (nSPS) is 21.7. The lowest BCUT2D eigenvalue weighted by molar-refractivity contribution is -0.0309. The molecule has 0 saturated heterocycles. The van der Waals surface area contributed by atoms with Gasteiger partial charge in [0, 0.05) is 17.8 Å². The lowest BCUT2D eigenvalue weighted by Crippen LogP contribution is -2.44. The first kappa shape index (κ1) is 18.8. The highest BCUT2D eigenvalue weighted by molar-refractivity contribution is 5.90. The third kappa shape index (κ3) is 3.13. The maximum Gasteiger partial charge on any atom is 0.267 e. The summed E-state index contributed by atoms with van der Waals surface area (Å²) in [7, 11) is 0. The van der Waals surface area contributed by atoms with Gasteiger partial charge in [0.15, 0.2) is 0 Å². The Morgan fingerprint density at radius 1 is 1.00 bits per heavy atom. The van der Waals surface area contributed by atoms with Gasteiger partial charge in [-0.05, 0) is 38.0 Å². The maximum absolute atomic E-state index is 12.7. The van der Waals surface area contributed by atoms with E-state index in [-0.39, 0.29) is 11.6 Å². The summed E-state index contributed by atoms with van der Waals surface area (Å²) >= 11 is 0. The van der Waals surface area contributed by atoms with E-state index in [1.807, 2.05) is 66.2 Å². The average Bonchev–Trinajstić information content (AvgIpc) is 3.14. The van der Waals surface area contributed by atoms with E-state index in [1.54, 1.807) is 12.1 Å². The van der Waals surface area contributed by atoms with E-state index in [0.717, 1.165) is 41.6 Å². The predicted octanol–water partition coefficient (Wildman–Crippen LogP) is 4.09. The first-order valence-electron chi connectivity index (χ1n) is 10.4. The van der Waals surface area contributed by atoms with Crippen molar-refractivity contribution in [1.29, 1.82) is 0 Å². The fourth-order valence-corrected chi connectivity index (χ4v) is 4.52. The van der Waals surface area contributed by atoms with Crippen LogP contribution in [0.2, 0.25) is 0 Å². The minimum absolute atomic E-state index is 0.191. The zero-order valence-corrected chi connectivity index (χ0v) is 16.9. The molecule has 1 aliphatic rings. The summed E-state index contributed by atoms with van der Waals surface area (Å²) in [6, 6.07) is 18.9. The Labute approximate surface area is 174 Å². The molecule has 1 aliphatic carbocycles. The second-order valence-electron chi connectivity index (χ2n) is 8.24. The van der Waals surface area contributed by atoms with Crippen molar-refractivity contribution in [1.82, 2.24) is 19.4 Å². The number of nitrogens with zero attached hydrogens (tertiary/aromatic N) is 4. The van der Waals surface area contributed by atoms with Crippen molar-refractivity contribution in [3.05, 3.63) is 77.2 Å². The SMILES string of the molecule is CC1(O)CCCCC1n1nc(-c2c(-c3ccccc3)nn3ccccc23)ccc1=O. The summed E-state index contributed by atoms with van der Waals surface area (Å²) in [6.45, 7) is 1.81. The molecule has 0 amide bonds. The average molecular weight is 400 g/mol. The molecule has 0 radical (unpaired) electrons. The maximum atomic E-state index is 12.7. The van der Waals surface area contributed by atoms with Crippen LogP contribution in [0.5, 0.6) is 0 Å². The number of aromatic nitrogens is 4. The van der Waals surface area contributed by atoms with E-state index < -0.39 is 5.60 Å². The number of benzene rings is 1. The summed E-state index contributed by atoms with van der Waals surface area (Å²) in [4.78, 5) is 12.7. The molecule has 0 bridgehead atoms. The van der Waals surface area contributed by atoms with Gasteiger partial charge in [-0.2, -0.15) is 10.2 Å². The van der Waals surface area contributed by atoms with Crippen LogP contribution in [-0.2, 0) is 0 Å². The van der Waals surface area contributed by atoms with Gasteiger partial charge in [-0.3, -0.25) is 4.79 Å². The van der Waals surface area contributed by atoms with Crippen LogP contribution < -0.4 is 5.56 Å². The topological polar surface area (TPSA) is 72.4 Å². The van der Waals surface area contributed by atoms with Crippen LogP contribution >= 0.6 is 0 Å². The summed E-state index contributed by atoms with van der Waals surface area (Å²) < 4.78 is 3.32. The smallest absolute Gasteiger partial charge is 0.267 e. The quantitative estimate of drug-likeness (QED) is 0.562. The van der Waals surface area contributed by atoms with Crippen LogP contribution in [0, 0.1) is 0 Å². The van der Waals surface area contributed by atoms with Gasteiger partial charge in [-0.25, -0.2) is 9.20 Å². The zero-order valence-electron chi connectivity index (χ0n) is 16.9. The van der Waals surface area contributed by atoms with E-state index in [9.17, 15) is 9.90 Å². The first-order chi connectivity index (χ1) is 14.5. The molecule has 3 heterocycles. The van der Waals surface area contributed by atoms with E-state index in [2.05, 4.69) is 0 Å². The molecule has 5 rings (SSSR count). The third-order valence-electron chi connectivity index (χ3n) is 6.09. The van der Waals surface area contributed by atoms with E-state index in [0.29, 0.717) is 12.1 Å². The molecule has 6 heteroatoms. The highest BCUT2D eigenvalue weighted by atomic mass is 16.3. The molecule has 4 aromatic rings. The van der Waals surface area contributed by atoms with Gasteiger partial charge in [-0.15, -0.1) is 0 Å². The highest BCUT2D eigenvalue weighted by Crippen LogP contribution is 2.37. The Kier molecular flexibility index (Phi) is 4.51. The molecule has 0 spiro atoms. The molecule has 30 heavy (non-hydrogen) atoms. The summed E-state index contributed by atoms with van der Waals surface area (Å²) in [6.07, 6.45) is 5.26. The Balaban J connectivity index is 1.73. The second-order valence-corrected chi connectivity index (χ2v) is 8.24. The van der Waals surface area contributed by atoms with Crippen molar-refractivity contribution >= 4 is 5.52 Å². The number of hydrogen-bond acceptors (Lipinski definition) is 4. The molecule has 3 aromatic heterocycles. The van der Waals surface area contributed by atoms with Crippen LogP contribution in [0.1, 0.15) is 38.6 Å². The standard InChI is InChI=1S/C24H24N4O2/c1-24(30)15-7-5-12-20(24)28-21(29)14-13-18(25-28)22-19-11-6-8-16-27(19)26-23(22)17-9-3-2-4-10-17/h2-4,6,8-11,13-14,16,20,30H,5,7,12,15H2,1H3. The van der Waals surface area contributed by atoms with Crippen LogP contribution in [-0.4, -0.2) is 30.1 Å². The van der Waals surface area contributed by atoms with Gasteiger partial charge in [0.1, 0.15) is 5.69 Å². The van der Waals surface area contributed by atoms with Crippen molar-refractivity contribution in [3.8, 4) is 22.5 Å². The molecule has 2 unspecified atom stereocenters. The molecular formula is C24H24N4O2. The third-order valence-corrected chi connectivity index (χ3v) is 6.09. The van der Waals surface area contributed by atoms with E-state index in [1.165, 1.54) is 4.68 Å². The van der Waals surface area contributed by atoms with Gasteiger partial charge in [0.2, 0.25) is 0 Å². The van der Waals surface area contributed by atoms with E-state index >= 15 is 0 Å². The molecule has 6 nitrogen and oxygen atoms in total. The lowest BCUT2D eigenvalue weighted by Gasteiger charge is -2.37. The summed E-state index contributed by atoms with van der Waals surface area (Å²) in [5.74, 6) is 0. The van der Waals surface area contributed by atoms with Crippen molar-refractivity contribution in [2.75, 3.05) is 0 Å². The van der Waals surface area contributed by atoms with Crippen LogP contribution in [0.15, 0.2) is 71.7 Å². The molecular weight excluding hydrogens is 376 g/mol. The van der Waals surface area contributed by atoms with Crippen molar-refractivity contribution in [3.63, 3.8) is 0 Å². The monoisotopic (exact) mass is 400 g/mol. The van der Waals surface area contributed by atoms with Gasteiger partial charge >= 0.3 is 0 Å². The number of pyridine rings is 1. The number of hydrogen-bond donors (Lipinski definition) is 1. The van der Waals surface area contributed by atoms with E-state index in [4.69, 9.17) is 10.2 Å². The van der Waals surface area contributed by atoms with Crippen LogP contribution in [0.4, 0.5) is 0 Å². The molecule has 1 fully saturated rings. The summed E-state index contributed by atoms with van der Waals surface area (Å²) in [5, 5.41) is 20.5. The number of fused-ring (bicyclic) bond motifs is 1. The van der Waals surface area contributed by atoms with Crippen molar-refractivity contribution < 1.29 is 5.11 Å². The summed E-state index contributed by atoms with van der Waals surface area (Å²) in [5.41, 5.74) is 3.14. The Hall–Kier alpha value is -3.25. The second kappa shape index (κ2) is 7.22. The number of aliphatic hydroxyl groups is 1.